The van der Waals surface area contributed by atoms with E-state index in [4.69, 9.17) is 21.8 Å². The topological polar surface area (TPSA) is 43.6 Å². The quantitative estimate of drug-likeness (QED) is 0.167. The van der Waals surface area contributed by atoms with Gasteiger partial charge in [0.25, 0.3) is 0 Å². The summed E-state index contributed by atoms with van der Waals surface area (Å²) < 4.78 is 50.4. The summed E-state index contributed by atoms with van der Waals surface area (Å²) in [5, 5.41) is 6.64. The van der Waals surface area contributed by atoms with Crippen molar-refractivity contribution in [1.82, 2.24) is 19.5 Å². The summed E-state index contributed by atoms with van der Waals surface area (Å²) in [6.07, 6.45) is 0. The monoisotopic (exact) mass is 843 g/mol. The Morgan fingerprint density at radius 3 is 1.83 bits per heavy atom. The van der Waals surface area contributed by atoms with Gasteiger partial charge in [-0.3, -0.25) is 0 Å². The molecule has 0 fully saturated rings. The minimum absolute atomic E-state index is 0.00613. The van der Waals surface area contributed by atoms with Crippen molar-refractivity contribution in [2.24, 2.45) is 0 Å². The second-order valence-electron chi connectivity index (χ2n) is 15.6. The van der Waals surface area contributed by atoms with Crippen molar-refractivity contribution in [3.63, 3.8) is 0 Å². The van der Waals surface area contributed by atoms with E-state index in [1.807, 2.05) is 24.3 Å². The Balaban J connectivity index is 1.13. The molecule has 0 aliphatic carbocycles. The second kappa shape index (κ2) is 14.4. The van der Waals surface area contributed by atoms with Crippen LogP contribution < -0.4 is 0 Å². The third-order valence-corrected chi connectivity index (χ3v) is 14.3. The summed E-state index contributed by atoms with van der Waals surface area (Å²) in [4.78, 5) is 15.4. The van der Waals surface area contributed by atoms with E-state index in [-0.39, 0.29) is 23.5 Å². The zero-order valence-corrected chi connectivity index (χ0v) is 35.0. The van der Waals surface area contributed by atoms with Gasteiger partial charge in [0, 0.05) is 73.5 Å². The summed E-state index contributed by atoms with van der Waals surface area (Å²) in [6.45, 7) is 0. The number of benzene rings is 9. The fraction of sp³-hybridized carbons (Fsp3) is 0. The van der Waals surface area contributed by atoms with E-state index in [9.17, 15) is 0 Å². The molecule has 0 atom stereocenters. The third-order valence-electron chi connectivity index (χ3n) is 11.9. The van der Waals surface area contributed by atoms with Crippen molar-refractivity contribution in [2.45, 2.75) is 0 Å². The van der Waals surface area contributed by atoms with Crippen LogP contribution >= 0.6 is 22.7 Å². The molecule has 0 bridgehead atoms. The predicted octanol–water partition coefficient (Wildman–Crippen LogP) is 16.0. The number of rotatable bonds is 6. The molecule has 13 rings (SSSR count). The van der Waals surface area contributed by atoms with Crippen LogP contribution in [0.1, 0.15) is 6.85 Å². The number of nitrogens with zero attached hydrogens (tertiary/aromatic N) is 4. The Bertz CT molecular complexity index is 4150. The van der Waals surface area contributed by atoms with E-state index >= 15 is 0 Å². The third kappa shape index (κ3) is 5.91. The molecule has 6 heteroatoms. The standard InChI is InChI=1S/C57H34N4S2/c1-3-15-35(16-4-1)37-19-13-20-38(31-37)41-24-14-28-51-53(41)46-33-40(61-48-25-10-7-21-42(48)43-22-8-11-26-49(43)61)34-47(54(46)63-51)57-59-55(36-17-5-2-6-18-36)58-56(60-57)39-29-30-45-44-23-9-12-27-50(44)62-52(45)32-39/h1-34H/i2D,5D,6D,17D,18D. The highest BCUT2D eigenvalue weighted by molar-refractivity contribution is 7.26. The molecule has 4 heterocycles. The van der Waals surface area contributed by atoms with Crippen LogP contribution in [0, 0.1) is 0 Å². The molecule has 0 radical (unpaired) electrons. The number of hydrogen-bond acceptors (Lipinski definition) is 5. The minimum atomic E-state index is -0.482. The van der Waals surface area contributed by atoms with E-state index in [0.717, 1.165) is 95.7 Å². The summed E-state index contributed by atoms with van der Waals surface area (Å²) in [7, 11) is 0. The second-order valence-corrected chi connectivity index (χ2v) is 17.7. The molecular weight excluding hydrogens is 805 g/mol. The van der Waals surface area contributed by atoms with Crippen molar-refractivity contribution in [3.05, 3.63) is 206 Å². The van der Waals surface area contributed by atoms with Crippen LogP contribution in [0.15, 0.2) is 206 Å². The average molecular weight is 844 g/mol. The summed E-state index contributed by atoms with van der Waals surface area (Å²) >= 11 is 3.34. The van der Waals surface area contributed by atoms with Crippen LogP contribution in [0.25, 0.3) is 124 Å². The average Bonchev–Trinajstić information content (AvgIpc) is 4.07. The molecular formula is C57H34N4S2. The first-order chi connectivity index (χ1) is 33.3. The van der Waals surface area contributed by atoms with Crippen molar-refractivity contribution >= 4 is 84.8 Å². The molecule has 4 aromatic heterocycles. The van der Waals surface area contributed by atoms with Crippen molar-refractivity contribution < 1.29 is 6.85 Å². The Morgan fingerprint density at radius 1 is 0.381 bits per heavy atom. The van der Waals surface area contributed by atoms with Crippen LogP contribution in [0.3, 0.4) is 0 Å². The van der Waals surface area contributed by atoms with E-state index < -0.39 is 18.1 Å². The molecule has 0 aliphatic heterocycles. The number of thiophene rings is 2. The fourth-order valence-electron chi connectivity index (χ4n) is 9.11. The van der Waals surface area contributed by atoms with Crippen LogP contribution in [0.5, 0.6) is 0 Å². The summed E-state index contributed by atoms with van der Waals surface area (Å²) in [5.41, 5.74) is 8.78. The fourth-order valence-corrected chi connectivity index (χ4v) is 11.5. The Hall–Kier alpha value is -7.77. The normalized spacial score (nSPS) is 12.9. The lowest BCUT2D eigenvalue weighted by molar-refractivity contribution is 1.08. The van der Waals surface area contributed by atoms with Crippen LogP contribution in [0.2, 0.25) is 0 Å². The van der Waals surface area contributed by atoms with E-state index in [1.165, 1.54) is 0 Å². The smallest absolute Gasteiger partial charge is 0.165 e. The van der Waals surface area contributed by atoms with E-state index in [0.29, 0.717) is 17.2 Å². The van der Waals surface area contributed by atoms with Crippen molar-refractivity contribution in [2.75, 3.05) is 0 Å². The van der Waals surface area contributed by atoms with Gasteiger partial charge in [0.15, 0.2) is 17.5 Å². The van der Waals surface area contributed by atoms with Crippen LogP contribution in [-0.4, -0.2) is 19.5 Å². The van der Waals surface area contributed by atoms with Gasteiger partial charge in [0.2, 0.25) is 0 Å². The maximum Gasteiger partial charge on any atom is 0.165 e. The van der Waals surface area contributed by atoms with Gasteiger partial charge in [0.1, 0.15) is 0 Å². The maximum absolute atomic E-state index is 9.08. The van der Waals surface area contributed by atoms with Gasteiger partial charge >= 0.3 is 0 Å². The molecule has 0 saturated carbocycles. The zero-order valence-electron chi connectivity index (χ0n) is 38.3. The molecule has 0 N–H and O–H groups in total. The van der Waals surface area contributed by atoms with Crippen molar-refractivity contribution in [1.29, 1.82) is 0 Å². The minimum Gasteiger partial charge on any atom is -0.309 e. The molecule has 13 aromatic rings. The maximum atomic E-state index is 9.08. The molecule has 0 amide bonds. The van der Waals surface area contributed by atoms with Gasteiger partial charge in [-0.15, -0.1) is 22.7 Å². The summed E-state index contributed by atoms with van der Waals surface area (Å²) in [5.74, 6) is 0.638. The molecule has 0 unspecified atom stereocenters. The van der Waals surface area contributed by atoms with Crippen LogP contribution in [0.4, 0.5) is 0 Å². The molecule has 63 heavy (non-hydrogen) atoms. The van der Waals surface area contributed by atoms with Gasteiger partial charge in [-0.25, -0.2) is 15.0 Å². The molecule has 0 saturated heterocycles. The highest BCUT2D eigenvalue weighted by Crippen LogP contribution is 2.46. The first kappa shape index (κ1) is 31.1. The number of aromatic nitrogens is 4. The highest BCUT2D eigenvalue weighted by atomic mass is 32.1. The highest BCUT2D eigenvalue weighted by Gasteiger charge is 2.22. The van der Waals surface area contributed by atoms with Gasteiger partial charge in [-0.2, -0.15) is 0 Å². The Labute approximate surface area is 377 Å². The number of fused-ring (bicyclic) bond motifs is 9. The first-order valence-electron chi connectivity index (χ1n) is 23.2. The van der Waals surface area contributed by atoms with E-state index in [1.54, 1.807) is 22.7 Å². The molecule has 9 aromatic carbocycles. The first-order valence-corrected chi connectivity index (χ1v) is 22.3. The molecule has 0 spiro atoms. The molecule has 0 aliphatic rings. The lowest BCUT2D eigenvalue weighted by Gasteiger charge is -2.14. The summed E-state index contributed by atoms with van der Waals surface area (Å²) in [6, 6.07) is 59.1. The molecule has 294 valence electrons. The predicted molar refractivity (Wildman–Crippen MR) is 267 cm³/mol. The van der Waals surface area contributed by atoms with E-state index in [2.05, 4.69) is 156 Å². The lowest BCUT2D eigenvalue weighted by atomic mass is 9.95. The van der Waals surface area contributed by atoms with Gasteiger partial charge in [0.05, 0.1) is 17.9 Å². The van der Waals surface area contributed by atoms with Gasteiger partial charge in [-0.1, -0.05) is 158 Å². The SMILES string of the molecule is [2H]c1c([2H])c([2H])c(-c2nc(-c3ccc4c(c3)sc3ccccc34)nc(-c3cc(-n4c5ccccc5c5ccccc54)cc4c3sc3cccc(-c5cccc(-c6ccccc6)c5)c34)n2)c([2H])c1[2H]. The Kier molecular flexibility index (Phi) is 7.13. The number of para-hydroxylation sites is 2. The molecule has 4 nitrogen and oxygen atoms in total. The lowest BCUT2D eigenvalue weighted by Crippen LogP contribution is -2.01. The van der Waals surface area contributed by atoms with Crippen LogP contribution in [-0.2, 0) is 0 Å². The Morgan fingerprint density at radius 2 is 1.02 bits per heavy atom. The van der Waals surface area contributed by atoms with Crippen molar-refractivity contribution in [3.8, 4) is 62.1 Å². The number of hydrogen-bond donors (Lipinski definition) is 0. The van der Waals surface area contributed by atoms with Gasteiger partial charge < -0.3 is 4.57 Å². The zero-order chi connectivity index (χ0) is 45.8. The largest absolute Gasteiger partial charge is 0.309 e. The van der Waals surface area contributed by atoms with Gasteiger partial charge in [-0.05, 0) is 70.8 Å².